The number of rotatable bonds is 3. The zero-order chi connectivity index (χ0) is 13.1. The van der Waals surface area contributed by atoms with Crippen LogP contribution in [0.4, 0.5) is 4.39 Å². The Hall–Kier alpha value is -1.84. The second-order valence-electron chi connectivity index (χ2n) is 4.25. The van der Waals surface area contributed by atoms with Crippen LogP contribution >= 0.6 is 0 Å². The highest BCUT2D eigenvalue weighted by Crippen LogP contribution is 2.38. The van der Waals surface area contributed by atoms with Crippen LogP contribution in [0, 0.1) is 5.82 Å². The van der Waals surface area contributed by atoms with Crippen LogP contribution in [0.25, 0.3) is 0 Å². The van der Waals surface area contributed by atoms with Crippen molar-refractivity contribution in [2.75, 3.05) is 13.7 Å². The smallest absolute Gasteiger partial charge is 0.246 e. The first-order valence-corrected chi connectivity index (χ1v) is 5.94. The van der Waals surface area contributed by atoms with Gasteiger partial charge in [0.25, 0.3) is 0 Å². The van der Waals surface area contributed by atoms with E-state index in [0.717, 1.165) is 12.8 Å². The lowest BCUT2D eigenvalue weighted by atomic mass is 10.0. The van der Waals surface area contributed by atoms with Crippen molar-refractivity contribution in [1.29, 1.82) is 0 Å². The SMILES string of the molecule is C=CC(=O)N1CCCC1c1c(F)cccc1OC. The molecular formula is C14H16FNO2. The molecule has 0 aliphatic carbocycles. The average molecular weight is 249 g/mol. The van der Waals surface area contributed by atoms with Gasteiger partial charge in [-0.05, 0) is 31.1 Å². The van der Waals surface area contributed by atoms with Gasteiger partial charge in [-0.2, -0.15) is 0 Å². The van der Waals surface area contributed by atoms with Gasteiger partial charge in [-0.25, -0.2) is 4.39 Å². The normalized spacial score (nSPS) is 18.8. The van der Waals surface area contributed by atoms with E-state index in [9.17, 15) is 9.18 Å². The van der Waals surface area contributed by atoms with E-state index in [-0.39, 0.29) is 17.8 Å². The number of halogens is 1. The van der Waals surface area contributed by atoms with Gasteiger partial charge < -0.3 is 9.64 Å². The van der Waals surface area contributed by atoms with E-state index in [2.05, 4.69) is 6.58 Å². The summed E-state index contributed by atoms with van der Waals surface area (Å²) in [5.74, 6) is -0.00493. The number of hydrogen-bond donors (Lipinski definition) is 0. The maximum absolute atomic E-state index is 14.0. The lowest BCUT2D eigenvalue weighted by Gasteiger charge is -2.25. The minimum Gasteiger partial charge on any atom is -0.496 e. The summed E-state index contributed by atoms with van der Waals surface area (Å²) in [6, 6.07) is 4.46. The molecule has 0 saturated carbocycles. The maximum Gasteiger partial charge on any atom is 0.246 e. The van der Waals surface area contributed by atoms with E-state index in [1.165, 1.54) is 19.3 Å². The Morgan fingerprint density at radius 2 is 2.39 bits per heavy atom. The van der Waals surface area contributed by atoms with Crippen molar-refractivity contribution in [2.24, 2.45) is 0 Å². The van der Waals surface area contributed by atoms with E-state index in [1.807, 2.05) is 0 Å². The van der Waals surface area contributed by atoms with E-state index >= 15 is 0 Å². The topological polar surface area (TPSA) is 29.5 Å². The van der Waals surface area contributed by atoms with Crippen molar-refractivity contribution >= 4 is 5.91 Å². The van der Waals surface area contributed by atoms with Crippen molar-refractivity contribution < 1.29 is 13.9 Å². The summed E-state index contributed by atoms with van der Waals surface area (Å²) < 4.78 is 19.2. The Bertz CT molecular complexity index is 473. The summed E-state index contributed by atoms with van der Waals surface area (Å²) in [5.41, 5.74) is 0.465. The lowest BCUT2D eigenvalue weighted by Crippen LogP contribution is -2.29. The number of amides is 1. The Kier molecular flexibility index (Phi) is 3.65. The third-order valence-corrected chi connectivity index (χ3v) is 3.28. The number of nitrogens with zero attached hydrogens (tertiary/aromatic N) is 1. The van der Waals surface area contributed by atoms with Crippen LogP contribution in [0.15, 0.2) is 30.9 Å². The fourth-order valence-corrected chi connectivity index (χ4v) is 2.47. The van der Waals surface area contributed by atoms with Crippen LogP contribution < -0.4 is 4.74 Å². The lowest BCUT2D eigenvalue weighted by molar-refractivity contribution is -0.126. The van der Waals surface area contributed by atoms with Crippen LogP contribution in [-0.4, -0.2) is 24.5 Å². The van der Waals surface area contributed by atoms with Crippen molar-refractivity contribution in [3.63, 3.8) is 0 Å². The van der Waals surface area contributed by atoms with Crippen LogP contribution in [0.5, 0.6) is 5.75 Å². The molecule has 1 saturated heterocycles. The Morgan fingerprint density at radius 3 is 3.06 bits per heavy atom. The molecule has 0 N–H and O–H groups in total. The molecule has 2 rings (SSSR count). The number of carbonyl (C=O) groups excluding carboxylic acids is 1. The van der Waals surface area contributed by atoms with Gasteiger partial charge >= 0.3 is 0 Å². The minimum atomic E-state index is -0.330. The molecule has 0 bridgehead atoms. The molecule has 1 heterocycles. The van der Waals surface area contributed by atoms with Gasteiger partial charge in [0.1, 0.15) is 11.6 Å². The molecule has 0 radical (unpaired) electrons. The summed E-state index contributed by atoms with van der Waals surface area (Å²) in [4.78, 5) is 13.4. The van der Waals surface area contributed by atoms with Gasteiger partial charge in [0.05, 0.1) is 18.7 Å². The van der Waals surface area contributed by atoms with Crippen LogP contribution in [0.1, 0.15) is 24.4 Å². The first-order valence-electron chi connectivity index (χ1n) is 5.94. The quantitative estimate of drug-likeness (QED) is 0.771. The standard InChI is InChI=1S/C14H16FNO2/c1-3-13(17)16-9-5-7-11(16)14-10(15)6-4-8-12(14)18-2/h3-4,6,8,11H,1,5,7,9H2,2H3. The first-order chi connectivity index (χ1) is 8.69. The largest absolute Gasteiger partial charge is 0.496 e. The van der Waals surface area contributed by atoms with Gasteiger partial charge in [0.2, 0.25) is 5.91 Å². The van der Waals surface area contributed by atoms with Gasteiger partial charge in [-0.3, -0.25) is 4.79 Å². The second kappa shape index (κ2) is 5.21. The molecule has 3 nitrogen and oxygen atoms in total. The summed E-state index contributed by atoms with van der Waals surface area (Å²) in [6.45, 7) is 4.11. The fraction of sp³-hybridized carbons (Fsp3) is 0.357. The zero-order valence-corrected chi connectivity index (χ0v) is 10.4. The van der Waals surface area contributed by atoms with Crippen LogP contribution in [0.3, 0.4) is 0 Å². The number of hydrogen-bond acceptors (Lipinski definition) is 2. The Labute approximate surface area is 106 Å². The molecule has 96 valence electrons. The van der Waals surface area contributed by atoms with Crippen molar-refractivity contribution in [2.45, 2.75) is 18.9 Å². The highest BCUT2D eigenvalue weighted by atomic mass is 19.1. The molecule has 1 aromatic rings. The molecule has 1 amide bonds. The summed E-state index contributed by atoms with van der Waals surface area (Å²) in [7, 11) is 1.51. The van der Waals surface area contributed by atoms with Crippen molar-refractivity contribution in [3.8, 4) is 5.75 Å². The summed E-state index contributed by atoms with van der Waals surface area (Å²) in [5, 5.41) is 0. The zero-order valence-electron chi connectivity index (χ0n) is 10.4. The minimum absolute atomic E-state index is 0.164. The third kappa shape index (κ3) is 2.10. The van der Waals surface area contributed by atoms with Crippen LogP contribution in [0.2, 0.25) is 0 Å². The fourth-order valence-electron chi connectivity index (χ4n) is 2.47. The number of methoxy groups -OCH3 is 1. The van der Waals surface area contributed by atoms with E-state index in [4.69, 9.17) is 4.74 Å². The van der Waals surface area contributed by atoms with Crippen LogP contribution in [-0.2, 0) is 4.79 Å². The molecule has 0 spiro atoms. The highest BCUT2D eigenvalue weighted by molar-refractivity contribution is 5.87. The summed E-state index contributed by atoms with van der Waals surface area (Å²) in [6.07, 6.45) is 2.88. The molecule has 1 unspecified atom stereocenters. The number of ether oxygens (including phenoxy) is 1. The van der Waals surface area contributed by atoms with Crippen molar-refractivity contribution in [1.82, 2.24) is 4.90 Å². The molecule has 1 aromatic carbocycles. The van der Waals surface area contributed by atoms with E-state index < -0.39 is 0 Å². The molecule has 1 atom stereocenters. The Balaban J connectivity index is 2.41. The molecule has 18 heavy (non-hydrogen) atoms. The van der Waals surface area contributed by atoms with Gasteiger partial charge in [0.15, 0.2) is 0 Å². The highest BCUT2D eigenvalue weighted by Gasteiger charge is 2.32. The Morgan fingerprint density at radius 1 is 1.61 bits per heavy atom. The molecule has 1 fully saturated rings. The predicted molar refractivity (Wildman–Crippen MR) is 66.8 cm³/mol. The van der Waals surface area contributed by atoms with Gasteiger partial charge in [-0.15, -0.1) is 0 Å². The van der Waals surface area contributed by atoms with E-state index in [0.29, 0.717) is 17.9 Å². The predicted octanol–water partition coefficient (Wildman–Crippen LogP) is 2.68. The number of likely N-dealkylation sites (tertiary alicyclic amines) is 1. The van der Waals surface area contributed by atoms with Gasteiger partial charge in [0, 0.05) is 6.54 Å². The maximum atomic E-state index is 14.0. The third-order valence-electron chi connectivity index (χ3n) is 3.28. The second-order valence-corrected chi connectivity index (χ2v) is 4.25. The summed E-state index contributed by atoms with van der Waals surface area (Å²) >= 11 is 0. The molecule has 1 aliphatic rings. The molecular weight excluding hydrogens is 233 g/mol. The molecule has 0 aromatic heterocycles. The van der Waals surface area contributed by atoms with E-state index in [1.54, 1.807) is 17.0 Å². The first kappa shape index (κ1) is 12.6. The molecule has 1 aliphatic heterocycles. The number of carbonyl (C=O) groups is 1. The monoisotopic (exact) mass is 249 g/mol. The molecule has 4 heteroatoms. The van der Waals surface area contributed by atoms with Gasteiger partial charge in [-0.1, -0.05) is 12.6 Å². The average Bonchev–Trinajstić information content (AvgIpc) is 2.86. The number of benzene rings is 1. The van der Waals surface area contributed by atoms with Crippen molar-refractivity contribution in [3.05, 3.63) is 42.2 Å².